The lowest BCUT2D eigenvalue weighted by atomic mass is 9.87. The van der Waals surface area contributed by atoms with E-state index in [1.165, 1.54) is 9.79 Å². The first-order valence-electron chi connectivity index (χ1n) is 11.7. The van der Waals surface area contributed by atoms with E-state index >= 15 is 0 Å². The minimum Gasteiger partial charge on any atom is -0.497 e. The van der Waals surface area contributed by atoms with E-state index in [9.17, 15) is 28.6 Å². The van der Waals surface area contributed by atoms with Crippen molar-refractivity contribution in [1.29, 1.82) is 0 Å². The van der Waals surface area contributed by atoms with E-state index in [-0.39, 0.29) is 19.0 Å². The van der Waals surface area contributed by atoms with Crippen LogP contribution in [0.4, 0.5) is 0 Å². The number of methoxy groups -OCH3 is 1. The molecule has 1 saturated heterocycles. The summed E-state index contributed by atoms with van der Waals surface area (Å²) in [5.41, 5.74) is 5.82. The third-order valence-corrected chi connectivity index (χ3v) is 9.98. The second-order valence-corrected chi connectivity index (χ2v) is 11.7. The SMILES string of the molecule is COc1cccc(-c2ccc(C3CCN(S(=O)(=O)C4(C(=O)NO)C[C@@H](O)[C@@H](O)C4)CC3)cc2C)c1. The van der Waals surface area contributed by atoms with Crippen molar-refractivity contribution in [2.75, 3.05) is 20.2 Å². The number of rotatable bonds is 6. The number of benzene rings is 2. The Balaban J connectivity index is 1.50. The van der Waals surface area contributed by atoms with Crippen LogP contribution in [0.15, 0.2) is 42.5 Å². The Morgan fingerprint density at radius 2 is 1.74 bits per heavy atom. The lowest BCUT2D eigenvalue weighted by Crippen LogP contribution is -2.57. The highest BCUT2D eigenvalue weighted by Gasteiger charge is 2.60. The molecule has 1 unspecified atom stereocenters. The molecule has 1 aliphatic carbocycles. The van der Waals surface area contributed by atoms with Gasteiger partial charge in [-0.15, -0.1) is 0 Å². The molecule has 10 heteroatoms. The van der Waals surface area contributed by atoms with Crippen LogP contribution in [0.5, 0.6) is 5.75 Å². The van der Waals surface area contributed by atoms with Gasteiger partial charge in [-0.1, -0.05) is 30.3 Å². The zero-order valence-electron chi connectivity index (χ0n) is 19.8. The number of carbonyl (C=O) groups is 1. The lowest BCUT2D eigenvalue weighted by molar-refractivity contribution is -0.132. The summed E-state index contributed by atoms with van der Waals surface area (Å²) in [6.07, 6.45) is -2.50. The second kappa shape index (κ2) is 9.87. The smallest absolute Gasteiger partial charge is 0.266 e. The van der Waals surface area contributed by atoms with Crippen molar-refractivity contribution in [3.8, 4) is 16.9 Å². The van der Waals surface area contributed by atoms with E-state index in [2.05, 4.69) is 18.2 Å². The standard InChI is InChI=1S/C25H32N2O7S/c1-16-12-18(6-7-21(16)19-4-3-5-20(13-19)34-2)17-8-10-27(11-9-17)35(32,33)25(24(30)26-31)14-22(28)23(29)15-25/h3-7,12-13,17,22-23,28-29,31H,8-11,14-15H2,1-2H3,(H,26,30)/t22-,23+,25?. The largest absolute Gasteiger partial charge is 0.497 e. The van der Waals surface area contributed by atoms with Gasteiger partial charge in [0.2, 0.25) is 10.0 Å². The van der Waals surface area contributed by atoms with Gasteiger partial charge in [0, 0.05) is 25.9 Å². The molecular weight excluding hydrogens is 472 g/mol. The van der Waals surface area contributed by atoms with Gasteiger partial charge in [0.25, 0.3) is 5.91 Å². The number of nitrogens with zero attached hydrogens (tertiary/aromatic N) is 1. The monoisotopic (exact) mass is 504 g/mol. The van der Waals surface area contributed by atoms with Gasteiger partial charge < -0.3 is 14.9 Å². The first-order valence-corrected chi connectivity index (χ1v) is 13.1. The maximum Gasteiger partial charge on any atom is 0.266 e. The van der Waals surface area contributed by atoms with Gasteiger partial charge in [-0.05, 0) is 60.1 Å². The minimum atomic E-state index is -4.23. The number of piperidine rings is 1. The highest BCUT2D eigenvalue weighted by Crippen LogP contribution is 2.42. The fourth-order valence-corrected chi connectivity index (χ4v) is 7.61. The van der Waals surface area contributed by atoms with Crippen molar-refractivity contribution in [2.45, 2.75) is 55.5 Å². The van der Waals surface area contributed by atoms with Crippen LogP contribution >= 0.6 is 0 Å². The average molecular weight is 505 g/mol. The Hall–Kier alpha value is -2.50. The van der Waals surface area contributed by atoms with E-state index in [0.717, 1.165) is 28.0 Å². The Bertz CT molecular complexity index is 1180. The molecule has 190 valence electrons. The summed E-state index contributed by atoms with van der Waals surface area (Å²) in [6.45, 7) is 2.46. The van der Waals surface area contributed by atoms with E-state index in [0.29, 0.717) is 12.8 Å². The maximum absolute atomic E-state index is 13.5. The summed E-state index contributed by atoms with van der Waals surface area (Å²) in [5.74, 6) is -0.185. The van der Waals surface area contributed by atoms with Gasteiger partial charge >= 0.3 is 0 Å². The summed E-state index contributed by atoms with van der Waals surface area (Å²) < 4.78 is 31.4. The van der Waals surface area contributed by atoms with Gasteiger partial charge in [0.15, 0.2) is 4.75 Å². The number of hydrogen-bond acceptors (Lipinski definition) is 7. The Morgan fingerprint density at radius 1 is 1.09 bits per heavy atom. The molecule has 1 amide bonds. The predicted octanol–water partition coefficient (Wildman–Crippen LogP) is 1.94. The normalized spacial score (nSPS) is 26.0. The molecule has 1 aliphatic heterocycles. The summed E-state index contributed by atoms with van der Waals surface area (Å²) in [5, 5.41) is 29.2. The minimum absolute atomic E-state index is 0.155. The maximum atomic E-state index is 13.5. The molecule has 0 bridgehead atoms. The van der Waals surface area contributed by atoms with Gasteiger partial charge in [-0.3, -0.25) is 10.0 Å². The van der Waals surface area contributed by atoms with Crippen LogP contribution in [0, 0.1) is 6.92 Å². The molecule has 2 fully saturated rings. The van der Waals surface area contributed by atoms with Crippen molar-refractivity contribution in [2.24, 2.45) is 0 Å². The van der Waals surface area contributed by atoms with Gasteiger partial charge in [-0.2, -0.15) is 0 Å². The highest BCUT2D eigenvalue weighted by atomic mass is 32.2. The number of aliphatic hydroxyl groups excluding tert-OH is 2. The molecule has 9 nitrogen and oxygen atoms in total. The molecule has 4 N–H and O–H groups in total. The zero-order chi connectivity index (χ0) is 25.4. The third-order valence-electron chi connectivity index (χ3n) is 7.43. The van der Waals surface area contributed by atoms with Gasteiger partial charge in [0.05, 0.1) is 19.3 Å². The van der Waals surface area contributed by atoms with Crippen LogP contribution in [0.2, 0.25) is 0 Å². The summed E-state index contributed by atoms with van der Waals surface area (Å²) in [7, 11) is -2.60. The predicted molar refractivity (Wildman–Crippen MR) is 130 cm³/mol. The lowest BCUT2D eigenvalue weighted by Gasteiger charge is -2.37. The number of hydrogen-bond donors (Lipinski definition) is 4. The average Bonchev–Trinajstić information content (AvgIpc) is 3.19. The summed E-state index contributed by atoms with van der Waals surface area (Å²) >= 11 is 0. The van der Waals surface area contributed by atoms with Gasteiger partial charge in [0.1, 0.15) is 5.75 Å². The molecule has 1 saturated carbocycles. The second-order valence-electron chi connectivity index (χ2n) is 9.46. The molecule has 4 rings (SSSR count). The van der Waals surface area contributed by atoms with Crippen LogP contribution in [0.3, 0.4) is 0 Å². The number of sulfonamides is 1. The van der Waals surface area contributed by atoms with E-state index < -0.39 is 45.7 Å². The summed E-state index contributed by atoms with van der Waals surface area (Å²) in [4.78, 5) is 12.4. The van der Waals surface area contributed by atoms with Crippen LogP contribution < -0.4 is 10.2 Å². The van der Waals surface area contributed by atoms with Gasteiger partial charge in [-0.25, -0.2) is 18.2 Å². The van der Waals surface area contributed by atoms with Crippen molar-refractivity contribution >= 4 is 15.9 Å². The Morgan fingerprint density at radius 3 is 2.31 bits per heavy atom. The van der Waals surface area contributed by atoms with Crippen LogP contribution in [0.1, 0.15) is 42.7 Å². The number of carbonyl (C=O) groups excluding carboxylic acids is 1. The fraction of sp³-hybridized carbons (Fsp3) is 0.480. The number of aliphatic hydroxyl groups is 2. The zero-order valence-corrected chi connectivity index (χ0v) is 20.7. The first kappa shape index (κ1) is 25.6. The molecule has 2 aromatic carbocycles. The molecule has 2 aromatic rings. The Labute approximate surface area is 205 Å². The number of nitrogens with one attached hydrogen (secondary N) is 1. The van der Waals surface area contributed by atoms with Crippen molar-refractivity contribution in [3.05, 3.63) is 53.6 Å². The van der Waals surface area contributed by atoms with Crippen molar-refractivity contribution < 1.29 is 33.4 Å². The van der Waals surface area contributed by atoms with Crippen molar-refractivity contribution in [1.82, 2.24) is 9.79 Å². The van der Waals surface area contributed by atoms with Crippen LogP contribution in [-0.4, -0.2) is 71.2 Å². The molecule has 2 aliphatic rings. The van der Waals surface area contributed by atoms with Crippen LogP contribution in [0.25, 0.3) is 11.1 Å². The molecule has 0 radical (unpaired) electrons. The topological polar surface area (TPSA) is 136 Å². The molecule has 3 atom stereocenters. The number of aryl methyl sites for hydroxylation is 1. The highest BCUT2D eigenvalue weighted by molar-refractivity contribution is 7.91. The van der Waals surface area contributed by atoms with E-state index in [1.54, 1.807) is 7.11 Å². The number of amides is 1. The first-order chi connectivity index (χ1) is 16.6. The van der Waals surface area contributed by atoms with Crippen LogP contribution in [-0.2, 0) is 14.8 Å². The molecule has 0 aromatic heterocycles. The molecule has 1 heterocycles. The molecule has 0 spiro atoms. The number of ether oxygens (including phenoxy) is 1. The number of hydroxylamine groups is 1. The van der Waals surface area contributed by atoms with Crippen molar-refractivity contribution in [3.63, 3.8) is 0 Å². The fourth-order valence-electron chi connectivity index (χ4n) is 5.38. The third kappa shape index (κ3) is 4.56. The quantitative estimate of drug-likeness (QED) is 0.349. The Kier molecular flexibility index (Phi) is 7.21. The molecule has 35 heavy (non-hydrogen) atoms. The summed E-state index contributed by atoms with van der Waals surface area (Å²) in [6, 6.07) is 14.1. The molecular formula is C25H32N2O7S. The van der Waals surface area contributed by atoms with E-state index in [4.69, 9.17) is 4.74 Å². The van der Waals surface area contributed by atoms with E-state index in [1.807, 2.05) is 31.2 Å².